The molecule has 0 aromatic rings. The molecule has 40 heavy (non-hydrogen) atoms. The molecular weight excluding hydrogens is 548 g/mol. The molecule has 17 heteroatoms. The second-order valence-electron chi connectivity index (χ2n) is 10.4. The molecule has 3 heterocycles. The zero-order valence-electron chi connectivity index (χ0n) is 21.9. The van der Waals surface area contributed by atoms with E-state index in [9.17, 15) is 61.0 Å². The Labute approximate surface area is 228 Å². The van der Waals surface area contributed by atoms with Gasteiger partial charge in [0.05, 0.1) is 38.1 Å². The zero-order valence-corrected chi connectivity index (χ0v) is 21.9. The summed E-state index contributed by atoms with van der Waals surface area (Å²) in [5, 5.41) is 112. The van der Waals surface area contributed by atoms with Gasteiger partial charge in [0.2, 0.25) is 0 Å². The summed E-state index contributed by atoms with van der Waals surface area (Å²) in [6, 6.07) is 0. The molecule has 16 atom stereocenters. The molecule has 234 valence electrons. The number of carboxylic acids is 1. The Hall–Kier alpha value is -1.13. The van der Waals surface area contributed by atoms with Gasteiger partial charge in [0, 0.05) is 12.3 Å². The van der Waals surface area contributed by atoms with Gasteiger partial charge in [0.15, 0.2) is 6.29 Å². The lowest BCUT2D eigenvalue weighted by Gasteiger charge is -2.50. The van der Waals surface area contributed by atoms with Crippen LogP contribution in [-0.2, 0) is 28.5 Å². The highest BCUT2D eigenvalue weighted by molar-refractivity contribution is 5.76. The van der Waals surface area contributed by atoms with Gasteiger partial charge in [-0.2, -0.15) is 0 Å². The summed E-state index contributed by atoms with van der Waals surface area (Å²) in [7, 11) is 0. The summed E-state index contributed by atoms with van der Waals surface area (Å²) >= 11 is 0. The van der Waals surface area contributed by atoms with Gasteiger partial charge in [0.1, 0.15) is 61.0 Å². The highest BCUT2D eigenvalue weighted by Gasteiger charge is 2.59. The molecule has 3 aliphatic rings. The van der Waals surface area contributed by atoms with Crippen LogP contribution in [0.2, 0.25) is 0 Å². The van der Waals surface area contributed by atoms with Crippen LogP contribution in [-0.4, -0.2) is 173 Å². The molecule has 0 aliphatic carbocycles. The second kappa shape index (κ2) is 13.4. The number of rotatable bonds is 10. The van der Waals surface area contributed by atoms with Crippen molar-refractivity contribution >= 4 is 5.97 Å². The zero-order chi connectivity index (χ0) is 30.1. The molecule has 3 fully saturated rings. The fraction of sp³-hybridized carbons (Fsp3) is 0.957. The lowest BCUT2D eigenvalue weighted by molar-refractivity contribution is -0.383. The van der Waals surface area contributed by atoms with E-state index in [4.69, 9.17) is 23.7 Å². The molecule has 11 N–H and O–H groups in total. The Morgan fingerprint density at radius 3 is 2.08 bits per heavy atom. The van der Waals surface area contributed by atoms with Gasteiger partial charge < -0.3 is 79.9 Å². The van der Waals surface area contributed by atoms with Crippen molar-refractivity contribution in [1.29, 1.82) is 0 Å². The van der Waals surface area contributed by atoms with Crippen LogP contribution in [0.1, 0.15) is 20.3 Å². The van der Waals surface area contributed by atoms with E-state index in [1.54, 1.807) is 0 Å². The van der Waals surface area contributed by atoms with Gasteiger partial charge in [-0.15, -0.1) is 0 Å². The smallest absolute Gasteiger partial charge is 0.364 e. The SMILES string of the molecule is C[C@@H]1O[C@@H](CO)[C@@H](O[C@@H]2OC(CO)[C@H](O)[C@H](O[C@]3(C(=O)O)CC(O)[C@@H](C)[C@H]([C@H](O)[C@H](O)CO)O3)C2O)C(O)C1O. The molecule has 0 radical (unpaired) electrons. The minimum absolute atomic E-state index is 0.678. The molecule has 3 aliphatic heterocycles. The van der Waals surface area contributed by atoms with Crippen molar-refractivity contribution in [3.8, 4) is 0 Å². The molecule has 0 amide bonds. The van der Waals surface area contributed by atoms with Crippen LogP contribution in [0.25, 0.3) is 0 Å². The monoisotopic (exact) mass is 588 g/mol. The highest BCUT2D eigenvalue weighted by atomic mass is 16.8. The van der Waals surface area contributed by atoms with Crippen molar-refractivity contribution in [3.63, 3.8) is 0 Å². The van der Waals surface area contributed by atoms with Crippen molar-refractivity contribution < 1.29 is 84.7 Å². The molecule has 3 saturated heterocycles. The van der Waals surface area contributed by atoms with E-state index in [0.717, 1.165) is 0 Å². The summed E-state index contributed by atoms with van der Waals surface area (Å²) in [5.41, 5.74) is 0. The third-order valence-corrected chi connectivity index (χ3v) is 7.72. The maximum atomic E-state index is 12.4. The predicted octanol–water partition coefficient (Wildman–Crippen LogP) is -6.02. The van der Waals surface area contributed by atoms with E-state index in [2.05, 4.69) is 0 Å². The number of hydrogen-bond donors (Lipinski definition) is 11. The largest absolute Gasteiger partial charge is 0.477 e. The Morgan fingerprint density at radius 1 is 0.900 bits per heavy atom. The van der Waals surface area contributed by atoms with Gasteiger partial charge in [-0.05, 0) is 6.92 Å². The Balaban J connectivity index is 1.90. The van der Waals surface area contributed by atoms with Gasteiger partial charge in [0.25, 0.3) is 5.79 Å². The molecule has 17 nitrogen and oxygen atoms in total. The third kappa shape index (κ3) is 6.43. The molecule has 0 saturated carbocycles. The maximum absolute atomic E-state index is 12.4. The van der Waals surface area contributed by atoms with E-state index < -0.39 is 130 Å². The standard InChI is InChI=1S/C23H40O17/c1-7-9(27)3-23(22(34)35,39-18(7)14(30)10(28)4-24)40-20-15(31)11(5-25)37-21(17(20)33)38-19-12(6-26)36-8(2)13(29)16(19)32/h7-21,24-33H,3-6H2,1-2H3,(H,34,35)/t7-,8+,9?,10-,11?,12+,13?,14-,15+,16?,17?,18-,19-,20+,21+,23+/m1/s1. The van der Waals surface area contributed by atoms with Crippen LogP contribution in [0.3, 0.4) is 0 Å². The number of hydrogen-bond acceptors (Lipinski definition) is 16. The Bertz CT molecular complexity index is 831. The molecule has 0 aromatic carbocycles. The predicted molar refractivity (Wildman–Crippen MR) is 125 cm³/mol. The number of carbonyl (C=O) groups is 1. The van der Waals surface area contributed by atoms with E-state index in [-0.39, 0.29) is 0 Å². The first-order valence-electron chi connectivity index (χ1n) is 12.9. The number of carboxylic acid groups (broad SMARTS) is 1. The van der Waals surface area contributed by atoms with Crippen molar-refractivity contribution in [2.24, 2.45) is 5.92 Å². The maximum Gasteiger partial charge on any atom is 0.364 e. The average molecular weight is 589 g/mol. The van der Waals surface area contributed by atoms with Crippen molar-refractivity contribution in [3.05, 3.63) is 0 Å². The lowest BCUT2D eigenvalue weighted by atomic mass is 9.84. The van der Waals surface area contributed by atoms with Crippen LogP contribution in [0.4, 0.5) is 0 Å². The average Bonchev–Trinajstić information content (AvgIpc) is 2.93. The topological polar surface area (TPSA) is 286 Å². The minimum atomic E-state index is -2.83. The fourth-order valence-corrected chi connectivity index (χ4v) is 5.15. The van der Waals surface area contributed by atoms with Crippen LogP contribution in [0.15, 0.2) is 0 Å². The first-order valence-corrected chi connectivity index (χ1v) is 12.9. The van der Waals surface area contributed by atoms with Gasteiger partial charge in [-0.1, -0.05) is 6.92 Å². The fourth-order valence-electron chi connectivity index (χ4n) is 5.15. The molecule has 0 bridgehead atoms. The quantitative estimate of drug-likeness (QED) is 0.113. The van der Waals surface area contributed by atoms with Crippen LogP contribution >= 0.6 is 0 Å². The van der Waals surface area contributed by atoms with E-state index in [1.165, 1.54) is 13.8 Å². The third-order valence-electron chi connectivity index (χ3n) is 7.72. The van der Waals surface area contributed by atoms with Crippen LogP contribution < -0.4 is 0 Å². The molecule has 5 unspecified atom stereocenters. The van der Waals surface area contributed by atoms with Gasteiger partial charge in [-0.25, -0.2) is 4.79 Å². The summed E-state index contributed by atoms with van der Waals surface area (Å²) in [6.07, 6.45) is -23.5. The lowest BCUT2D eigenvalue weighted by Crippen LogP contribution is -2.68. The molecule has 0 spiro atoms. The minimum Gasteiger partial charge on any atom is -0.477 e. The summed E-state index contributed by atoms with van der Waals surface area (Å²) in [5.74, 6) is -5.63. The number of aliphatic hydroxyl groups is 10. The molecule has 0 aromatic heterocycles. The summed E-state index contributed by atoms with van der Waals surface area (Å²) in [6.45, 7) is 0.352. The van der Waals surface area contributed by atoms with Crippen molar-refractivity contribution in [1.82, 2.24) is 0 Å². The Kier molecular flexibility index (Phi) is 11.2. The van der Waals surface area contributed by atoms with Crippen LogP contribution in [0.5, 0.6) is 0 Å². The highest BCUT2D eigenvalue weighted by Crippen LogP contribution is 2.40. The number of aliphatic hydroxyl groups excluding tert-OH is 10. The van der Waals surface area contributed by atoms with E-state index >= 15 is 0 Å². The normalized spacial score (nSPS) is 48.0. The first kappa shape index (κ1) is 33.4. The number of ether oxygens (including phenoxy) is 5. The second-order valence-corrected chi connectivity index (χ2v) is 10.4. The number of aliphatic carboxylic acids is 1. The molecular formula is C23H40O17. The van der Waals surface area contributed by atoms with Gasteiger partial charge >= 0.3 is 5.97 Å². The van der Waals surface area contributed by atoms with E-state index in [0.29, 0.717) is 0 Å². The van der Waals surface area contributed by atoms with Crippen LogP contribution in [0, 0.1) is 5.92 Å². The first-order chi connectivity index (χ1) is 18.7. The molecule has 3 rings (SSSR count). The summed E-state index contributed by atoms with van der Waals surface area (Å²) in [4.78, 5) is 12.4. The van der Waals surface area contributed by atoms with E-state index in [1.807, 2.05) is 0 Å². The summed E-state index contributed by atoms with van der Waals surface area (Å²) < 4.78 is 27.6. The van der Waals surface area contributed by atoms with Gasteiger partial charge in [-0.3, -0.25) is 0 Å². The van der Waals surface area contributed by atoms with Crippen molar-refractivity contribution in [2.45, 2.75) is 112 Å². The Morgan fingerprint density at radius 2 is 1.52 bits per heavy atom. The van der Waals surface area contributed by atoms with Crippen molar-refractivity contribution in [2.75, 3.05) is 19.8 Å².